The van der Waals surface area contributed by atoms with E-state index in [9.17, 15) is 18.0 Å². The van der Waals surface area contributed by atoms with Crippen LogP contribution in [0.2, 0.25) is 0 Å². The Hall–Kier alpha value is -2.30. The number of rotatable bonds is 7. The van der Waals surface area contributed by atoms with Gasteiger partial charge in [-0.3, -0.25) is 0 Å². The molecule has 0 N–H and O–H groups in total. The minimum atomic E-state index is -1.70. The van der Waals surface area contributed by atoms with Gasteiger partial charge in [0, 0.05) is 5.56 Å². The molecule has 0 radical (unpaired) electrons. The van der Waals surface area contributed by atoms with Crippen LogP contribution in [0.4, 0.5) is 13.2 Å². The Balaban J connectivity index is 3.47. The third-order valence-electron chi connectivity index (χ3n) is 3.05. The van der Waals surface area contributed by atoms with Crippen LogP contribution < -0.4 is 0 Å². The molecule has 0 amide bonds. The largest absolute Gasteiger partial charge is 0.462 e. The molecule has 0 saturated heterocycles. The molecule has 2 nitrogen and oxygen atoms in total. The van der Waals surface area contributed by atoms with Crippen molar-refractivity contribution in [3.63, 3.8) is 0 Å². The fourth-order valence-corrected chi connectivity index (χ4v) is 1.95. The molecule has 0 aliphatic rings. The molecular formula is C18H19F3O2. The van der Waals surface area contributed by atoms with Crippen molar-refractivity contribution >= 4 is 11.5 Å². The first-order chi connectivity index (χ1) is 11.0. The average molecular weight is 324 g/mol. The second-order valence-electron chi connectivity index (χ2n) is 4.76. The van der Waals surface area contributed by atoms with Crippen LogP contribution in [0.15, 0.2) is 36.9 Å². The van der Waals surface area contributed by atoms with Gasteiger partial charge < -0.3 is 4.74 Å². The summed E-state index contributed by atoms with van der Waals surface area (Å²) in [6.07, 6.45) is 7.41. The van der Waals surface area contributed by atoms with Gasteiger partial charge in [-0.25, -0.2) is 18.0 Å². The van der Waals surface area contributed by atoms with E-state index in [0.717, 1.165) is 12.5 Å². The molecule has 0 atom stereocenters. The van der Waals surface area contributed by atoms with Crippen molar-refractivity contribution in [2.75, 3.05) is 6.61 Å². The summed E-state index contributed by atoms with van der Waals surface area (Å²) >= 11 is 0. The maximum atomic E-state index is 14.1. The van der Waals surface area contributed by atoms with Crippen LogP contribution in [0.3, 0.4) is 0 Å². The monoisotopic (exact) mass is 324 g/mol. The van der Waals surface area contributed by atoms with Gasteiger partial charge in [0.25, 0.3) is 0 Å². The lowest BCUT2D eigenvalue weighted by atomic mass is 9.97. The van der Waals surface area contributed by atoms with Crippen molar-refractivity contribution in [3.8, 4) is 0 Å². The van der Waals surface area contributed by atoms with E-state index in [4.69, 9.17) is 4.74 Å². The number of benzene rings is 1. The van der Waals surface area contributed by atoms with Crippen LogP contribution in [0.5, 0.6) is 0 Å². The first kappa shape index (κ1) is 18.7. The number of allylic oxidation sites excluding steroid dienone is 5. The van der Waals surface area contributed by atoms with Gasteiger partial charge in [0.05, 0.1) is 6.61 Å². The molecule has 0 saturated carbocycles. The van der Waals surface area contributed by atoms with Crippen LogP contribution in [0.1, 0.15) is 42.6 Å². The predicted octanol–water partition coefficient (Wildman–Crippen LogP) is 5.21. The second kappa shape index (κ2) is 8.98. The van der Waals surface area contributed by atoms with Crippen LogP contribution in [-0.2, 0) is 4.74 Å². The molecule has 5 heteroatoms. The van der Waals surface area contributed by atoms with Crippen LogP contribution in [-0.4, -0.2) is 12.6 Å². The Morgan fingerprint density at radius 3 is 2.57 bits per heavy atom. The average Bonchev–Trinajstić information content (AvgIpc) is 2.52. The highest BCUT2D eigenvalue weighted by Gasteiger charge is 2.26. The Morgan fingerprint density at radius 1 is 1.30 bits per heavy atom. The fourth-order valence-electron chi connectivity index (χ4n) is 1.95. The smallest absolute Gasteiger partial charge is 0.341 e. The van der Waals surface area contributed by atoms with Gasteiger partial charge in [0.15, 0.2) is 17.5 Å². The summed E-state index contributed by atoms with van der Waals surface area (Å²) in [5, 5.41) is 0. The summed E-state index contributed by atoms with van der Waals surface area (Å²) in [5.41, 5.74) is -0.380. The zero-order valence-corrected chi connectivity index (χ0v) is 13.2. The van der Waals surface area contributed by atoms with Gasteiger partial charge >= 0.3 is 5.97 Å². The number of hydrogen-bond acceptors (Lipinski definition) is 2. The lowest BCUT2D eigenvalue weighted by molar-refractivity contribution is 0.0492. The molecule has 0 aromatic heterocycles. The van der Waals surface area contributed by atoms with E-state index < -0.39 is 29.0 Å². The minimum absolute atomic E-state index is 0.0807. The highest BCUT2D eigenvalue weighted by Crippen LogP contribution is 2.28. The molecule has 0 heterocycles. The number of ether oxygens (including phenoxy) is 1. The zero-order chi connectivity index (χ0) is 17.4. The van der Waals surface area contributed by atoms with Gasteiger partial charge in [-0.2, -0.15) is 0 Å². The number of unbranched alkanes of at least 4 members (excludes halogenated alkanes) is 1. The predicted molar refractivity (Wildman–Crippen MR) is 84.5 cm³/mol. The molecule has 124 valence electrons. The van der Waals surface area contributed by atoms with Crippen molar-refractivity contribution in [2.45, 2.75) is 26.7 Å². The van der Waals surface area contributed by atoms with Crippen molar-refractivity contribution in [1.82, 2.24) is 0 Å². The summed E-state index contributed by atoms with van der Waals surface area (Å²) in [4.78, 5) is 12.1. The Labute approximate surface area is 134 Å². The first-order valence-corrected chi connectivity index (χ1v) is 7.28. The maximum absolute atomic E-state index is 14.1. The van der Waals surface area contributed by atoms with Gasteiger partial charge in [0.1, 0.15) is 5.56 Å². The summed E-state index contributed by atoms with van der Waals surface area (Å²) in [5.74, 6) is -5.65. The highest BCUT2D eigenvalue weighted by atomic mass is 19.2. The summed E-state index contributed by atoms with van der Waals surface area (Å²) in [6, 6.07) is 0.782. The standard InChI is InChI=1S/C18H19F3O2/c1-4-7-10-23-18(22)15-13(12(8-5-2)9-6-3)11-14(19)16(20)17(15)21/h5-6,8-9,11H,2,4,7,10H2,1,3H3/b9-6-,12-8+. The number of esters is 1. The van der Waals surface area contributed by atoms with Gasteiger partial charge in [-0.05, 0) is 25.0 Å². The van der Waals surface area contributed by atoms with Crippen molar-refractivity contribution < 1.29 is 22.7 Å². The number of carbonyl (C=O) groups is 1. The van der Waals surface area contributed by atoms with E-state index in [1.807, 2.05) is 6.92 Å². The molecular weight excluding hydrogens is 305 g/mol. The molecule has 1 rings (SSSR count). The molecule has 1 aromatic carbocycles. The van der Waals surface area contributed by atoms with E-state index >= 15 is 0 Å². The van der Waals surface area contributed by atoms with Crippen LogP contribution in [0.25, 0.3) is 5.57 Å². The van der Waals surface area contributed by atoms with Crippen molar-refractivity contribution in [1.29, 1.82) is 0 Å². The van der Waals surface area contributed by atoms with Crippen LogP contribution >= 0.6 is 0 Å². The molecule has 0 spiro atoms. The van der Waals surface area contributed by atoms with Gasteiger partial charge in [-0.1, -0.05) is 44.2 Å². The number of halogens is 3. The Bertz CT molecular complexity index is 646. The quantitative estimate of drug-likeness (QED) is 0.298. The SMILES string of the molecule is C=C/C=C(\C=C/C)c1cc(F)c(F)c(F)c1C(=O)OCCCC. The van der Waals surface area contributed by atoms with E-state index in [-0.39, 0.29) is 12.2 Å². The lowest BCUT2D eigenvalue weighted by Gasteiger charge is -2.12. The van der Waals surface area contributed by atoms with Crippen molar-refractivity contribution in [2.24, 2.45) is 0 Å². The normalized spacial score (nSPS) is 11.8. The summed E-state index contributed by atoms with van der Waals surface area (Å²) in [6.45, 7) is 7.20. The van der Waals surface area contributed by atoms with Gasteiger partial charge in [0.2, 0.25) is 0 Å². The zero-order valence-electron chi connectivity index (χ0n) is 13.2. The molecule has 1 aromatic rings. The maximum Gasteiger partial charge on any atom is 0.341 e. The molecule has 0 fully saturated rings. The number of hydrogen-bond donors (Lipinski definition) is 0. The highest BCUT2D eigenvalue weighted by molar-refractivity contribution is 5.97. The molecule has 0 unspecified atom stereocenters. The van der Waals surface area contributed by atoms with E-state index in [2.05, 4.69) is 6.58 Å². The molecule has 0 bridgehead atoms. The van der Waals surface area contributed by atoms with Crippen molar-refractivity contribution in [3.05, 3.63) is 65.5 Å². The number of carbonyl (C=O) groups excluding carboxylic acids is 1. The topological polar surface area (TPSA) is 26.3 Å². The lowest BCUT2D eigenvalue weighted by Crippen LogP contribution is -2.14. The van der Waals surface area contributed by atoms with Gasteiger partial charge in [-0.15, -0.1) is 0 Å². The fraction of sp³-hybridized carbons (Fsp3) is 0.278. The van der Waals surface area contributed by atoms with E-state index in [1.54, 1.807) is 13.0 Å². The van der Waals surface area contributed by atoms with Crippen LogP contribution in [0, 0.1) is 17.5 Å². The third-order valence-corrected chi connectivity index (χ3v) is 3.05. The second-order valence-corrected chi connectivity index (χ2v) is 4.76. The summed E-state index contributed by atoms with van der Waals surface area (Å²) in [7, 11) is 0. The minimum Gasteiger partial charge on any atom is -0.462 e. The first-order valence-electron chi connectivity index (χ1n) is 7.28. The molecule has 0 aliphatic carbocycles. The van der Waals surface area contributed by atoms with E-state index in [0.29, 0.717) is 12.0 Å². The Morgan fingerprint density at radius 2 is 2.00 bits per heavy atom. The molecule has 0 aliphatic heterocycles. The Kier molecular flexibility index (Phi) is 7.32. The summed E-state index contributed by atoms with van der Waals surface area (Å²) < 4.78 is 46.2. The molecule has 23 heavy (non-hydrogen) atoms. The third kappa shape index (κ3) is 4.58. The van der Waals surface area contributed by atoms with E-state index in [1.165, 1.54) is 18.2 Å².